The number of hydrogen-bond donors (Lipinski definition) is 2. The van der Waals surface area contributed by atoms with Crippen molar-refractivity contribution in [3.05, 3.63) is 29.8 Å². The molecular weight excluding hydrogens is 366 g/mol. The molecular formula is C22H35N5O2. The van der Waals surface area contributed by atoms with Crippen LogP contribution < -0.4 is 15.5 Å². The smallest absolute Gasteiger partial charge is 0.309 e. The van der Waals surface area contributed by atoms with Gasteiger partial charge in [0.25, 0.3) is 0 Å². The highest BCUT2D eigenvalue weighted by Crippen LogP contribution is 2.24. The Morgan fingerprint density at radius 1 is 1.03 bits per heavy atom. The summed E-state index contributed by atoms with van der Waals surface area (Å²) >= 11 is 0. The van der Waals surface area contributed by atoms with Crippen molar-refractivity contribution < 1.29 is 9.59 Å². The first-order valence-corrected chi connectivity index (χ1v) is 10.7. The number of nitrogens with zero attached hydrogens (tertiary/aromatic N) is 3. The summed E-state index contributed by atoms with van der Waals surface area (Å²) in [6.07, 6.45) is 4.20. The summed E-state index contributed by atoms with van der Waals surface area (Å²) < 4.78 is 0. The largest absolute Gasteiger partial charge is 0.378 e. The number of amides is 2. The van der Waals surface area contributed by atoms with E-state index in [0.29, 0.717) is 6.54 Å². The lowest BCUT2D eigenvalue weighted by Crippen LogP contribution is -2.50. The van der Waals surface area contributed by atoms with Gasteiger partial charge in [-0.05, 0) is 37.6 Å². The van der Waals surface area contributed by atoms with E-state index in [9.17, 15) is 9.59 Å². The van der Waals surface area contributed by atoms with Gasteiger partial charge >= 0.3 is 11.8 Å². The van der Waals surface area contributed by atoms with Gasteiger partial charge in [0.1, 0.15) is 0 Å². The molecule has 2 fully saturated rings. The van der Waals surface area contributed by atoms with Gasteiger partial charge in [-0.2, -0.15) is 0 Å². The fourth-order valence-electron chi connectivity index (χ4n) is 4.18. The van der Waals surface area contributed by atoms with Crippen LogP contribution in [0.4, 0.5) is 5.69 Å². The Labute approximate surface area is 174 Å². The summed E-state index contributed by atoms with van der Waals surface area (Å²) in [4.78, 5) is 31.4. The Kier molecular flexibility index (Phi) is 7.50. The van der Waals surface area contributed by atoms with Gasteiger partial charge in [0.15, 0.2) is 0 Å². The fourth-order valence-corrected chi connectivity index (χ4v) is 4.18. The molecule has 1 heterocycles. The van der Waals surface area contributed by atoms with E-state index in [2.05, 4.69) is 56.6 Å². The molecule has 1 saturated heterocycles. The van der Waals surface area contributed by atoms with E-state index in [4.69, 9.17) is 0 Å². The summed E-state index contributed by atoms with van der Waals surface area (Å²) in [5, 5.41) is 5.75. The van der Waals surface area contributed by atoms with E-state index in [-0.39, 0.29) is 12.1 Å². The van der Waals surface area contributed by atoms with Crippen molar-refractivity contribution in [2.75, 3.05) is 58.8 Å². The molecule has 160 valence electrons. The number of carbonyl (C=O) groups is 2. The average Bonchev–Trinajstić information content (AvgIpc) is 3.22. The van der Waals surface area contributed by atoms with Gasteiger partial charge in [0, 0.05) is 58.5 Å². The summed E-state index contributed by atoms with van der Waals surface area (Å²) in [6.45, 7) is 4.33. The predicted molar refractivity (Wildman–Crippen MR) is 116 cm³/mol. The lowest BCUT2D eigenvalue weighted by atomic mass is 10.0. The van der Waals surface area contributed by atoms with Crippen LogP contribution in [-0.2, 0) is 9.59 Å². The molecule has 1 aliphatic heterocycles. The molecule has 0 aromatic heterocycles. The first-order valence-electron chi connectivity index (χ1n) is 10.7. The maximum atomic E-state index is 12.4. The number of carbonyl (C=O) groups excluding carboxylic acids is 2. The van der Waals surface area contributed by atoms with Gasteiger partial charge in [0.2, 0.25) is 0 Å². The molecule has 1 aromatic rings. The third-order valence-corrected chi connectivity index (χ3v) is 6.13. The van der Waals surface area contributed by atoms with Crippen LogP contribution in [0.1, 0.15) is 37.3 Å². The minimum absolute atomic E-state index is 0.0585. The quantitative estimate of drug-likeness (QED) is 0.702. The number of rotatable bonds is 6. The van der Waals surface area contributed by atoms with Gasteiger partial charge in [-0.1, -0.05) is 25.0 Å². The van der Waals surface area contributed by atoms with Crippen LogP contribution >= 0.6 is 0 Å². The van der Waals surface area contributed by atoms with Crippen LogP contribution in [0.25, 0.3) is 0 Å². The van der Waals surface area contributed by atoms with Gasteiger partial charge < -0.3 is 20.4 Å². The standard InChI is InChI=1S/C22H35N5O2/c1-25(2)19-10-8-17(9-11-19)20(27-14-12-26(3)13-15-27)16-23-21(28)22(29)24-18-6-4-5-7-18/h8-11,18,20H,4-7,12-16H2,1-3H3,(H,23,28)(H,24,29)/t20-/m0/s1. The van der Waals surface area contributed by atoms with E-state index in [0.717, 1.165) is 63.1 Å². The second-order valence-electron chi connectivity index (χ2n) is 8.51. The Hall–Kier alpha value is -2.12. The van der Waals surface area contributed by atoms with Crippen LogP contribution in [0.5, 0.6) is 0 Å². The zero-order chi connectivity index (χ0) is 20.8. The van der Waals surface area contributed by atoms with Crippen molar-refractivity contribution in [2.45, 2.75) is 37.8 Å². The zero-order valence-corrected chi connectivity index (χ0v) is 18.0. The second-order valence-corrected chi connectivity index (χ2v) is 8.51. The average molecular weight is 402 g/mol. The maximum absolute atomic E-state index is 12.4. The van der Waals surface area contributed by atoms with Crippen molar-refractivity contribution >= 4 is 17.5 Å². The number of likely N-dealkylation sites (N-methyl/N-ethyl adjacent to an activating group) is 1. The van der Waals surface area contributed by atoms with E-state index in [1.54, 1.807) is 0 Å². The molecule has 0 bridgehead atoms. The molecule has 0 unspecified atom stereocenters. The molecule has 2 aliphatic rings. The molecule has 2 amide bonds. The van der Waals surface area contributed by atoms with Crippen molar-refractivity contribution in [1.29, 1.82) is 0 Å². The van der Waals surface area contributed by atoms with Gasteiger partial charge in [-0.25, -0.2) is 0 Å². The number of hydrogen-bond acceptors (Lipinski definition) is 5. The summed E-state index contributed by atoms with van der Waals surface area (Å²) in [5.74, 6) is -1.03. The molecule has 0 radical (unpaired) electrons. The van der Waals surface area contributed by atoms with E-state index in [1.807, 2.05) is 14.1 Å². The minimum atomic E-state index is -0.527. The first-order chi connectivity index (χ1) is 13.9. The molecule has 7 heteroatoms. The van der Waals surface area contributed by atoms with Crippen LogP contribution in [-0.4, -0.2) is 81.5 Å². The van der Waals surface area contributed by atoms with Crippen molar-refractivity contribution in [2.24, 2.45) is 0 Å². The topological polar surface area (TPSA) is 67.9 Å². The van der Waals surface area contributed by atoms with Crippen LogP contribution in [0, 0.1) is 0 Å². The summed E-state index contributed by atoms with van der Waals surface area (Å²) in [5.41, 5.74) is 2.31. The molecule has 0 spiro atoms. The predicted octanol–water partition coefficient (Wildman–Crippen LogP) is 1.22. The highest BCUT2D eigenvalue weighted by Gasteiger charge is 2.26. The Morgan fingerprint density at radius 2 is 1.66 bits per heavy atom. The minimum Gasteiger partial charge on any atom is -0.378 e. The van der Waals surface area contributed by atoms with E-state index < -0.39 is 11.8 Å². The molecule has 2 N–H and O–H groups in total. The lowest BCUT2D eigenvalue weighted by Gasteiger charge is -2.38. The molecule has 29 heavy (non-hydrogen) atoms. The Bertz CT molecular complexity index is 677. The van der Waals surface area contributed by atoms with Crippen molar-refractivity contribution in [1.82, 2.24) is 20.4 Å². The monoisotopic (exact) mass is 401 g/mol. The van der Waals surface area contributed by atoms with E-state index in [1.165, 1.54) is 0 Å². The normalized spacial score (nSPS) is 19.7. The molecule has 1 saturated carbocycles. The third kappa shape index (κ3) is 5.93. The highest BCUT2D eigenvalue weighted by molar-refractivity contribution is 6.35. The molecule has 1 atom stereocenters. The first kappa shape index (κ1) is 21.6. The SMILES string of the molecule is CN1CCN([C@@H](CNC(=O)C(=O)NC2CCCC2)c2ccc(N(C)C)cc2)CC1. The van der Waals surface area contributed by atoms with Crippen molar-refractivity contribution in [3.8, 4) is 0 Å². The molecule has 1 aromatic carbocycles. The lowest BCUT2D eigenvalue weighted by molar-refractivity contribution is -0.139. The van der Waals surface area contributed by atoms with Gasteiger partial charge in [-0.15, -0.1) is 0 Å². The number of nitrogens with one attached hydrogen (secondary N) is 2. The van der Waals surface area contributed by atoms with Crippen LogP contribution in [0.3, 0.4) is 0 Å². The second kappa shape index (κ2) is 10.1. The van der Waals surface area contributed by atoms with Crippen LogP contribution in [0.2, 0.25) is 0 Å². The number of anilines is 1. The zero-order valence-electron chi connectivity index (χ0n) is 18.0. The number of benzene rings is 1. The molecule has 1 aliphatic carbocycles. The third-order valence-electron chi connectivity index (χ3n) is 6.13. The highest BCUT2D eigenvalue weighted by atomic mass is 16.2. The number of piperazine rings is 1. The van der Waals surface area contributed by atoms with Crippen LogP contribution in [0.15, 0.2) is 24.3 Å². The summed E-state index contributed by atoms with van der Waals surface area (Å²) in [7, 11) is 6.18. The Balaban J connectivity index is 1.64. The van der Waals surface area contributed by atoms with Crippen molar-refractivity contribution in [3.63, 3.8) is 0 Å². The van der Waals surface area contributed by atoms with Gasteiger partial charge in [0.05, 0.1) is 6.04 Å². The molecule has 3 rings (SSSR count). The Morgan fingerprint density at radius 3 is 2.24 bits per heavy atom. The van der Waals surface area contributed by atoms with E-state index >= 15 is 0 Å². The maximum Gasteiger partial charge on any atom is 0.309 e. The molecule has 7 nitrogen and oxygen atoms in total. The van der Waals surface area contributed by atoms with Gasteiger partial charge in [-0.3, -0.25) is 14.5 Å². The fraction of sp³-hybridized carbons (Fsp3) is 0.636. The summed E-state index contributed by atoms with van der Waals surface area (Å²) in [6, 6.07) is 8.68.